The maximum absolute atomic E-state index is 12.3. The fourth-order valence-electron chi connectivity index (χ4n) is 2.41. The quantitative estimate of drug-likeness (QED) is 0.560. The van der Waals surface area contributed by atoms with Gasteiger partial charge in [-0.15, -0.1) is 11.3 Å². The Hall–Kier alpha value is -3.11. The predicted octanol–water partition coefficient (Wildman–Crippen LogP) is 3.03. The molecule has 0 spiro atoms. The first kappa shape index (κ1) is 19.6. The van der Waals surface area contributed by atoms with Crippen LogP contribution in [-0.2, 0) is 14.3 Å². The molecule has 1 aliphatic rings. The summed E-state index contributed by atoms with van der Waals surface area (Å²) in [4.78, 5) is 49.1. The number of carbonyl (C=O) groups excluding carboxylic acids is 3. The molecule has 28 heavy (non-hydrogen) atoms. The van der Waals surface area contributed by atoms with E-state index in [9.17, 15) is 24.3 Å². The molecule has 0 aliphatic carbocycles. The first-order chi connectivity index (χ1) is 13.3. The van der Waals surface area contributed by atoms with Gasteiger partial charge in [-0.05, 0) is 53.7 Å². The Bertz CT molecular complexity index is 1020. The van der Waals surface area contributed by atoms with Crippen LogP contribution < -0.4 is 0 Å². The monoisotopic (exact) mass is 419 g/mol. The Morgan fingerprint density at radius 3 is 2.64 bits per heavy atom. The van der Waals surface area contributed by atoms with Gasteiger partial charge in [0.1, 0.15) is 17.9 Å². The highest BCUT2D eigenvalue weighted by Crippen LogP contribution is 2.36. The number of aromatic hydroxyl groups is 1. The van der Waals surface area contributed by atoms with Crippen LogP contribution in [0, 0.1) is 0 Å². The van der Waals surface area contributed by atoms with Gasteiger partial charge >= 0.3 is 11.9 Å². The molecule has 0 saturated carbocycles. The summed E-state index contributed by atoms with van der Waals surface area (Å²) in [7, 11) is 1.17. The van der Waals surface area contributed by atoms with Crippen LogP contribution in [0.15, 0.2) is 35.2 Å². The average Bonchev–Trinajstić information content (AvgIpc) is 3.22. The lowest BCUT2D eigenvalue weighted by atomic mass is 10.1. The Morgan fingerprint density at radius 2 is 1.96 bits per heavy atom. The van der Waals surface area contributed by atoms with Crippen LogP contribution in [0.5, 0.6) is 5.75 Å². The number of aromatic carboxylic acids is 1. The van der Waals surface area contributed by atoms with Crippen molar-refractivity contribution in [3.8, 4) is 16.2 Å². The molecular weight excluding hydrogens is 406 g/mol. The molecule has 1 saturated heterocycles. The van der Waals surface area contributed by atoms with Crippen LogP contribution in [0.1, 0.15) is 15.2 Å². The first-order valence-electron chi connectivity index (χ1n) is 7.79. The average molecular weight is 419 g/mol. The molecular formula is C18H13NO7S2. The summed E-state index contributed by atoms with van der Waals surface area (Å²) in [5, 5.41) is 18.2. The van der Waals surface area contributed by atoms with E-state index >= 15 is 0 Å². The van der Waals surface area contributed by atoms with Crippen LogP contribution in [0.4, 0.5) is 4.79 Å². The fourth-order valence-corrected chi connectivity index (χ4v) is 4.26. The van der Waals surface area contributed by atoms with E-state index < -0.39 is 29.6 Å². The van der Waals surface area contributed by atoms with Crippen LogP contribution >= 0.6 is 23.1 Å². The molecule has 2 amide bonds. The summed E-state index contributed by atoms with van der Waals surface area (Å²) < 4.78 is 4.48. The summed E-state index contributed by atoms with van der Waals surface area (Å²) in [6, 6.07) is 7.71. The van der Waals surface area contributed by atoms with Crippen molar-refractivity contribution < 1.29 is 34.1 Å². The number of thiophene rings is 1. The molecule has 144 valence electrons. The Kier molecular flexibility index (Phi) is 5.52. The summed E-state index contributed by atoms with van der Waals surface area (Å²) in [5.41, 5.74) is 0.384. The normalized spacial score (nSPS) is 15.3. The van der Waals surface area contributed by atoms with E-state index in [1.54, 1.807) is 18.2 Å². The number of thioether (sulfide) groups is 1. The molecule has 1 aromatic carbocycles. The lowest BCUT2D eigenvalue weighted by molar-refractivity contribution is -0.143. The third-order valence-corrected chi connectivity index (χ3v) is 5.79. The number of methoxy groups -OCH3 is 1. The van der Waals surface area contributed by atoms with E-state index in [1.807, 2.05) is 0 Å². The fraction of sp³-hybridized carbons (Fsp3) is 0.111. The zero-order chi connectivity index (χ0) is 20.4. The summed E-state index contributed by atoms with van der Waals surface area (Å²) in [6.45, 7) is -0.445. The Labute approximate surface area is 167 Å². The number of carbonyl (C=O) groups is 4. The van der Waals surface area contributed by atoms with Gasteiger partial charge < -0.3 is 14.9 Å². The van der Waals surface area contributed by atoms with Gasteiger partial charge in [-0.2, -0.15) is 0 Å². The van der Waals surface area contributed by atoms with Crippen molar-refractivity contribution in [3.63, 3.8) is 0 Å². The number of carboxylic acid groups (broad SMARTS) is 1. The number of esters is 1. The molecule has 2 N–H and O–H groups in total. The molecule has 0 atom stereocenters. The van der Waals surface area contributed by atoms with Gasteiger partial charge in [-0.1, -0.05) is 0 Å². The molecule has 0 unspecified atom stereocenters. The number of ether oxygens (including phenoxy) is 1. The van der Waals surface area contributed by atoms with E-state index in [0.29, 0.717) is 10.4 Å². The highest BCUT2D eigenvalue weighted by Gasteiger charge is 2.36. The molecule has 10 heteroatoms. The minimum absolute atomic E-state index is 0.180. The molecule has 0 radical (unpaired) electrons. The summed E-state index contributed by atoms with van der Waals surface area (Å²) in [5.74, 6) is -2.83. The molecule has 1 aliphatic heterocycles. The van der Waals surface area contributed by atoms with Gasteiger partial charge in [0.05, 0.1) is 12.0 Å². The minimum atomic E-state index is -1.24. The van der Waals surface area contributed by atoms with Gasteiger partial charge in [0, 0.05) is 9.75 Å². The van der Waals surface area contributed by atoms with Crippen molar-refractivity contribution in [2.75, 3.05) is 13.7 Å². The number of phenols is 1. The summed E-state index contributed by atoms with van der Waals surface area (Å²) >= 11 is 2.01. The first-order valence-corrected chi connectivity index (χ1v) is 9.42. The molecule has 2 heterocycles. The zero-order valence-corrected chi connectivity index (χ0v) is 16.0. The molecule has 2 aromatic rings. The van der Waals surface area contributed by atoms with Crippen molar-refractivity contribution in [2.45, 2.75) is 0 Å². The smallest absolute Gasteiger partial charge is 0.339 e. The van der Waals surface area contributed by atoms with Crippen LogP contribution in [0.25, 0.3) is 16.5 Å². The number of carboxylic acids is 1. The molecule has 0 bridgehead atoms. The molecule has 8 nitrogen and oxygen atoms in total. The van der Waals surface area contributed by atoms with E-state index in [1.165, 1.54) is 36.7 Å². The minimum Gasteiger partial charge on any atom is -0.507 e. The summed E-state index contributed by atoms with van der Waals surface area (Å²) in [6.07, 6.45) is 1.54. The van der Waals surface area contributed by atoms with Gasteiger partial charge in [-0.3, -0.25) is 19.3 Å². The maximum atomic E-state index is 12.3. The second-order valence-electron chi connectivity index (χ2n) is 5.58. The van der Waals surface area contributed by atoms with Crippen molar-refractivity contribution in [2.24, 2.45) is 0 Å². The lowest BCUT2D eigenvalue weighted by Crippen LogP contribution is -2.34. The number of rotatable bonds is 5. The van der Waals surface area contributed by atoms with Gasteiger partial charge in [0.2, 0.25) is 0 Å². The third kappa shape index (κ3) is 3.92. The van der Waals surface area contributed by atoms with Crippen molar-refractivity contribution in [1.82, 2.24) is 4.90 Å². The van der Waals surface area contributed by atoms with Gasteiger partial charge in [0.25, 0.3) is 11.1 Å². The number of amides is 2. The second-order valence-corrected chi connectivity index (χ2v) is 7.69. The SMILES string of the molecule is COC(=O)CN1C(=O)S/C(=C\c2ccc(-c3ccc(O)c(C(=O)O)c3)s2)C1=O. The number of hydrogen-bond donors (Lipinski definition) is 2. The van der Waals surface area contributed by atoms with Crippen LogP contribution in [0.2, 0.25) is 0 Å². The number of imide groups is 1. The highest BCUT2D eigenvalue weighted by molar-refractivity contribution is 8.18. The number of nitrogens with zero attached hydrogens (tertiary/aromatic N) is 1. The van der Waals surface area contributed by atoms with Crippen molar-refractivity contribution >= 4 is 52.3 Å². The van der Waals surface area contributed by atoms with E-state index in [2.05, 4.69) is 4.74 Å². The highest BCUT2D eigenvalue weighted by atomic mass is 32.2. The van der Waals surface area contributed by atoms with Gasteiger partial charge in [-0.25, -0.2) is 4.79 Å². The molecule has 1 fully saturated rings. The largest absolute Gasteiger partial charge is 0.507 e. The standard InChI is InChI=1S/C18H13NO7S2/c1-26-15(21)8-19-16(22)14(28-18(19)25)7-10-3-5-13(27-10)9-2-4-12(20)11(6-9)17(23)24/h2-7,20H,8H2,1H3,(H,23,24)/b14-7-. The van der Waals surface area contributed by atoms with E-state index in [4.69, 9.17) is 5.11 Å². The van der Waals surface area contributed by atoms with Crippen LogP contribution in [-0.4, -0.2) is 51.9 Å². The van der Waals surface area contributed by atoms with Crippen molar-refractivity contribution in [3.05, 3.63) is 45.7 Å². The van der Waals surface area contributed by atoms with Crippen LogP contribution in [0.3, 0.4) is 0 Å². The Balaban J connectivity index is 1.84. The van der Waals surface area contributed by atoms with Gasteiger partial charge in [0.15, 0.2) is 0 Å². The van der Waals surface area contributed by atoms with E-state index in [-0.39, 0.29) is 16.2 Å². The number of benzene rings is 1. The van der Waals surface area contributed by atoms with E-state index in [0.717, 1.165) is 21.5 Å². The number of hydrogen-bond acceptors (Lipinski definition) is 8. The molecule has 3 rings (SSSR count). The third-order valence-electron chi connectivity index (χ3n) is 3.80. The zero-order valence-electron chi connectivity index (χ0n) is 14.4. The molecule has 1 aromatic heterocycles. The van der Waals surface area contributed by atoms with Crippen molar-refractivity contribution in [1.29, 1.82) is 0 Å². The maximum Gasteiger partial charge on any atom is 0.339 e. The predicted molar refractivity (Wildman–Crippen MR) is 103 cm³/mol. The lowest BCUT2D eigenvalue weighted by Gasteiger charge is -2.09. The Morgan fingerprint density at radius 1 is 1.21 bits per heavy atom. The second kappa shape index (κ2) is 7.87. The topological polar surface area (TPSA) is 121 Å².